The third kappa shape index (κ3) is 10.3. The average molecular weight is 842 g/mol. The Kier molecular flexibility index (Phi) is 14.6. The van der Waals surface area contributed by atoms with Crippen molar-refractivity contribution in [2.45, 2.75) is 38.5 Å². The van der Waals surface area contributed by atoms with Crippen LogP contribution in [0, 0.1) is 5.92 Å². The van der Waals surface area contributed by atoms with E-state index in [1.807, 2.05) is 0 Å². The van der Waals surface area contributed by atoms with E-state index in [-0.39, 0.29) is 21.1 Å². The van der Waals surface area contributed by atoms with Gasteiger partial charge >= 0.3 is 0 Å². The van der Waals surface area contributed by atoms with Crippen LogP contribution in [0.1, 0.15) is 38.5 Å². The van der Waals surface area contributed by atoms with Crippen molar-refractivity contribution in [1.29, 1.82) is 0 Å². The summed E-state index contributed by atoms with van der Waals surface area (Å²) in [5, 5.41) is 8.39. The Balaban J connectivity index is 0.000000148. The van der Waals surface area contributed by atoms with Crippen LogP contribution in [-0.4, -0.2) is 0 Å². The molecule has 2 aliphatic carbocycles. The van der Waals surface area contributed by atoms with Crippen LogP contribution in [-0.2, 0) is 21.1 Å². The molecule has 244 valence electrons. The molecule has 0 nitrogen and oxygen atoms in total. The molecule has 0 aliphatic heterocycles. The molecule has 3 heteroatoms. The van der Waals surface area contributed by atoms with Gasteiger partial charge in [0.1, 0.15) is 0 Å². The summed E-state index contributed by atoms with van der Waals surface area (Å²) in [6.45, 7) is 0. The van der Waals surface area contributed by atoms with Gasteiger partial charge in [0.25, 0.3) is 0 Å². The number of benzene rings is 6. The van der Waals surface area contributed by atoms with Crippen LogP contribution in [0.3, 0.4) is 0 Å². The molecule has 0 radical (unpaired) electrons. The van der Waals surface area contributed by atoms with Gasteiger partial charge in [-0.05, 0) is 92.1 Å². The third-order valence-electron chi connectivity index (χ3n) is 8.76. The second kappa shape index (κ2) is 19.6. The maximum Gasteiger partial charge on any atom is 0 e. The van der Waals surface area contributed by atoms with E-state index in [2.05, 4.69) is 188 Å². The first-order valence-electron chi connectivity index (χ1n) is 16.9. The van der Waals surface area contributed by atoms with Crippen LogP contribution in [0.25, 0.3) is 0 Å². The first kappa shape index (κ1) is 35.9. The number of allylic oxidation sites excluding steroid dienone is 2. The molecule has 0 saturated heterocycles. The van der Waals surface area contributed by atoms with Crippen molar-refractivity contribution in [3.8, 4) is 0 Å². The summed E-state index contributed by atoms with van der Waals surface area (Å²) in [6.07, 6.45) is 11.2. The van der Waals surface area contributed by atoms with Gasteiger partial charge in [-0.25, -0.2) is 0 Å². The maximum absolute atomic E-state index is 2.47. The molecule has 1 atom stereocenters. The zero-order valence-corrected chi connectivity index (χ0v) is 31.5. The summed E-state index contributed by atoms with van der Waals surface area (Å²) in [4.78, 5) is 0. The summed E-state index contributed by atoms with van der Waals surface area (Å²) in [7, 11) is -0.892. The zero-order chi connectivity index (χ0) is 31.9. The summed E-state index contributed by atoms with van der Waals surface area (Å²) in [6, 6.07) is 64.7. The van der Waals surface area contributed by atoms with Gasteiger partial charge in [0.15, 0.2) is 0 Å². The van der Waals surface area contributed by atoms with Crippen molar-refractivity contribution in [3.05, 3.63) is 194 Å². The molecule has 0 aromatic heterocycles. The largest absolute Gasteiger partial charge is 0.0853 e. The molecule has 1 saturated carbocycles. The summed E-state index contributed by atoms with van der Waals surface area (Å²) >= 11 is 0. The van der Waals surface area contributed by atoms with Gasteiger partial charge in [-0.15, -0.1) is 0 Å². The van der Waals surface area contributed by atoms with Gasteiger partial charge in [-0.1, -0.05) is 194 Å². The Morgan fingerprint density at radius 3 is 0.917 bits per heavy atom. The Labute approximate surface area is 305 Å². The summed E-state index contributed by atoms with van der Waals surface area (Å²) < 4.78 is 0. The molecule has 6 aromatic rings. The van der Waals surface area contributed by atoms with E-state index in [1.54, 1.807) is 5.57 Å². The number of rotatable bonds is 6. The van der Waals surface area contributed by atoms with E-state index in [9.17, 15) is 0 Å². The van der Waals surface area contributed by atoms with Crippen LogP contribution in [0.5, 0.6) is 0 Å². The fraction of sp³-hybridized carbons (Fsp3) is 0.156. The van der Waals surface area contributed by atoms with Crippen molar-refractivity contribution in [1.82, 2.24) is 0 Å². The van der Waals surface area contributed by atoms with Crippen LogP contribution in [0.2, 0.25) is 0 Å². The average Bonchev–Trinajstić information content (AvgIpc) is 3.15. The Hall–Kier alpha value is -3.39. The summed E-state index contributed by atoms with van der Waals surface area (Å²) in [5.74, 6) is 1.08. The van der Waals surface area contributed by atoms with Crippen molar-refractivity contribution in [3.63, 3.8) is 0 Å². The molecule has 0 N–H and O–H groups in total. The zero-order valence-electron chi connectivity index (χ0n) is 27.4. The third-order valence-corrected chi connectivity index (χ3v) is 13.6. The molecule has 2 aliphatic rings. The predicted molar refractivity (Wildman–Crippen MR) is 210 cm³/mol. The molecule has 0 spiro atoms. The van der Waals surface area contributed by atoms with E-state index in [0.717, 1.165) is 5.92 Å². The Morgan fingerprint density at radius 2 is 0.667 bits per heavy atom. The van der Waals surface area contributed by atoms with E-state index in [0.29, 0.717) is 0 Å². The molecule has 0 heterocycles. The van der Waals surface area contributed by atoms with Crippen LogP contribution in [0.15, 0.2) is 194 Å². The van der Waals surface area contributed by atoms with Crippen LogP contribution >= 0.6 is 15.8 Å². The quantitative estimate of drug-likeness (QED) is 0.116. The standard InChI is InChI=1S/2C18H15P.C9H14.Pt/c2*1-4-10-16(11-5-1)19(17-12-6-2-7-13-17)18-14-8-3-9-15-18;1-3-8-5-2-6-9(4-1)7-8;/h2*1-15H;3,9H,1-2,4-7H2;. The van der Waals surface area contributed by atoms with Gasteiger partial charge in [-0.2, -0.15) is 0 Å². The molecule has 1 fully saturated rings. The van der Waals surface area contributed by atoms with E-state index >= 15 is 0 Å². The number of hydrogen-bond donors (Lipinski definition) is 0. The summed E-state index contributed by atoms with van der Waals surface area (Å²) in [5.41, 5.74) is 1.76. The van der Waals surface area contributed by atoms with Crippen molar-refractivity contribution >= 4 is 47.7 Å². The van der Waals surface area contributed by atoms with E-state index < -0.39 is 15.8 Å². The van der Waals surface area contributed by atoms with Crippen LogP contribution < -0.4 is 31.8 Å². The molecule has 0 amide bonds. The molecule has 2 bridgehead atoms. The molecule has 8 rings (SSSR count). The molecular weight excluding hydrogens is 798 g/mol. The van der Waals surface area contributed by atoms with Crippen LogP contribution in [0.4, 0.5) is 0 Å². The minimum atomic E-state index is -0.446. The first-order chi connectivity index (χ1) is 23.3. The second-order valence-electron chi connectivity index (χ2n) is 12.1. The van der Waals surface area contributed by atoms with Gasteiger partial charge < -0.3 is 0 Å². The monoisotopic (exact) mass is 841 g/mol. The van der Waals surface area contributed by atoms with E-state index in [1.165, 1.54) is 70.4 Å². The maximum atomic E-state index is 2.47. The van der Waals surface area contributed by atoms with Crippen molar-refractivity contribution < 1.29 is 21.1 Å². The fourth-order valence-corrected chi connectivity index (χ4v) is 11.1. The molecule has 6 aromatic carbocycles. The fourth-order valence-electron chi connectivity index (χ4n) is 6.50. The van der Waals surface area contributed by atoms with Crippen molar-refractivity contribution in [2.24, 2.45) is 5.92 Å². The molecule has 48 heavy (non-hydrogen) atoms. The van der Waals surface area contributed by atoms with Gasteiger partial charge in [-0.3, -0.25) is 0 Å². The minimum Gasteiger partial charge on any atom is -0.0853 e. The molecular formula is C45H44P2Pt. The second-order valence-corrected chi connectivity index (χ2v) is 16.5. The van der Waals surface area contributed by atoms with Gasteiger partial charge in [0.2, 0.25) is 0 Å². The normalized spacial score (nSPS) is 14.7. The molecule has 1 unspecified atom stereocenters. The van der Waals surface area contributed by atoms with Gasteiger partial charge in [0.05, 0.1) is 0 Å². The number of hydrogen-bond acceptors (Lipinski definition) is 0. The minimum absolute atomic E-state index is 0. The smallest absolute Gasteiger partial charge is 0 e. The Morgan fingerprint density at radius 1 is 0.375 bits per heavy atom. The first-order valence-corrected chi connectivity index (χ1v) is 19.6. The Bertz CT molecular complexity index is 1450. The predicted octanol–water partition coefficient (Wildman–Crippen LogP) is 9.78. The number of fused-ring (bicyclic) bond motifs is 2. The SMILES string of the molecule is C1=C2CCCC(CC1)C2.[Pt].c1ccc(P(c2ccccc2)c2ccccc2)cc1.c1ccc(P(c2ccccc2)c2ccccc2)cc1. The topological polar surface area (TPSA) is 0 Å². The van der Waals surface area contributed by atoms with Gasteiger partial charge in [0, 0.05) is 21.1 Å². The van der Waals surface area contributed by atoms with E-state index in [4.69, 9.17) is 0 Å². The van der Waals surface area contributed by atoms with Crippen molar-refractivity contribution in [2.75, 3.05) is 0 Å².